The summed E-state index contributed by atoms with van der Waals surface area (Å²) in [4.78, 5) is 0. The Bertz CT molecular complexity index is 470. The Morgan fingerprint density at radius 1 is 1.18 bits per heavy atom. The minimum atomic E-state index is 0.00924. The van der Waals surface area contributed by atoms with E-state index in [0.29, 0.717) is 0 Å². The molecule has 0 spiro atoms. The van der Waals surface area contributed by atoms with Crippen LogP contribution in [0.4, 0.5) is 0 Å². The summed E-state index contributed by atoms with van der Waals surface area (Å²) in [6.07, 6.45) is 3.72. The minimum Gasteiger partial charge on any atom is -0.322 e. The molecule has 1 aromatic carbocycles. The van der Waals surface area contributed by atoms with Crippen molar-refractivity contribution in [1.82, 2.24) is 9.78 Å². The van der Waals surface area contributed by atoms with Crippen LogP contribution < -0.4 is 5.73 Å². The Kier molecular flexibility index (Phi) is 3.59. The van der Waals surface area contributed by atoms with Crippen molar-refractivity contribution in [3.8, 4) is 0 Å². The fourth-order valence-corrected chi connectivity index (χ4v) is 2.02. The van der Waals surface area contributed by atoms with Gasteiger partial charge >= 0.3 is 0 Å². The molecule has 90 valence electrons. The van der Waals surface area contributed by atoms with Crippen molar-refractivity contribution in [2.45, 2.75) is 25.8 Å². The smallest absolute Gasteiger partial charge is 0.0551 e. The number of nitrogens with two attached hydrogens (primary N) is 1. The van der Waals surface area contributed by atoms with E-state index in [4.69, 9.17) is 5.73 Å². The van der Waals surface area contributed by atoms with Crippen molar-refractivity contribution in [2.24, 2.45) is 12.8 Å². The molecule has 0 saturated heterocycles. The topological polar surface area (TPSA) is 43.8 Å². The number of hydrogen-bond acceptors (Lipinski definition) is 2. The van der Waals surface area contributed by atoms with Crippen LogP contribution in [0.25, 0.3) is 0 Å². The zero-order valence-electron chi connectivity index (χ0n) is 10.4. The number of rotatable bonds is 4. The summed E-state index contributed by atoms with van der Waals surface area (Å²) in [6, 6.07) is 10.7. The molecule has 1 unspecified atom stereocenters. The average Bonchev–Trinajstić information content (AvgIpc) is 2.76. The van der Waals surface area contributed by atoms with Crippen LogP contribution >= 0.6 is 0 Å². The third kappa shape index (κ3) is 2.74. The second-order valence-electron chi connectivity index (χ2n) is 4.36. The first-order chi connectivity index (χ1) is 8.20. The van der Waals surface area contributed by atoms with E-state index in [-0.39, 0.29) is 6.04 Å². The highest BCUT2D eigenvalue weighted by Crippen LogP contribution is 2.15. The van der Waals surface area contributed by atoms with Gasteiger partial charge in [0.15, 0.2) is 0 Å². The molecule has 0 aliphatic carbocycles. The highest BCUT2D eigenvalue weighted by Gasteiger charge is 2.10. The van der Waals surface area contributed by atoms with Gasteiger partial charge in [-0.2, -0.15) is 5.10 Å². The molecule has 1 heterocycles. The van der Waals surface area contributed by atoms with Gasteiger partial charge in [0.05, 0.1) is 11.7 Å². The van der Waals surface area contributed by atoms with Gasteiger partial charge < -0.3 is 5.73 Å². The molecule has 0 amide bonds. The largest absolute Gasteiger partial charge is 0.322 e. The maximum absolute atomic E-state index is 6.18. The van der Waals surface area contributed by atoms with Crippen molar-refractivity contribution in [3.05, 3.63) is 53.3 Å². The minimum absolute atomic E-state index is 0.00924. The van der Waals surface area contributed by atoms with Gasteiger partial charge in [0.2, 0.25) is 0 Å². The van der Waals surface area contributed by atoms with Crippen molar-refractivity contribution < 1.29 is 0 Å². The van der Waals surface area contributed by atoms with E-state index < -0.39 is 0 Å². The van der Waals surface area contributed by atoms with Crippen molar-refractivity contribution in [3.63, 3.8) is 0 Å². The van der Waals surface area contributed by atoms with Gasteiger partial charge in [-0.25, -0.2) is 0 Å². The monoisotopic (exact) mass is 229 g/mol. The van der Waals surface area contributed by atoms with Crippen LogP contribution in [0.5, 0.6) is 0 Å². The molecule has 0 saturated carbocycles. The van der Waals surface area contributed by atoms with Gasteiger partial charge in [-0.1, -0.05) is 31.2 Å². The first-order valence-corrected chi connectivity index (χ1v) is 6.02. The zero-order chi connectivity index (χ0) is 12.3. The number of hydrogen-bond donors (Lipinski definition) is 1. The summed E-state index contributed by atoms with van der Waals surface area (Å²) in [6.45, 7) is 2.16. The fourth-order valence-electron chi connectivity index (χ4n) is 2.02. The standard InChI is InChI=1S/C14H19N3/c1-3-11-4-6-12(7-5-11)10-13(15)14-8-9-16-17(14)2/h4-9,13H,3,10,15H2,1-2H3. The summed E-state index contributed by atoms with van der Waals surface area (Å²) < 4.78 is 1.84. The number of nitrogens with zero attached hydrogens (tertiary/aromatic N) is 2. The maximum Gasteiger partial charge on any atom is 0.0551 e. The second-order valence-corrected chi connectivity index (χ2v) is 4.36. The van der Waals surface area contributed by atoms with E-state index in [1.807, 2.05) is 17.8 Å². The van der Waals surface area contributed by atoms with Crippen LogP contribution in [-0.2, 0) is 19.9 Å². The highest BCUT2D eigenvalue weighted by atomic mass is 15.3. The maximum atomic E-state index is 6.18. The molecular formula is C14H19N3. The third-order valence-electron chi connectivity index (χ3n) is 3.13. The number of aromatic nitrogens is 2. The third-order valence-corrected chi connectivity index (χ3v) is 3.13. The van der Waals surface area contributed by atoms with Gasteiger partial charge in [-0.15, -0.1) is 0 Å². The van der Waals surface area contributed by atoms with Crippen LogP contribution in [0.2, 0.25) is 0 Å². The first-order valence-electron chi connectivity index (χ1n) is 6.02. The van der Waals surface area contributed by atoms with Gasteiger partial charge in [-0.05, 0) is 30.0 Å². The molecule has 0 radical (unpaired) electrons. The van der Waals surface area contributed by atoms with Gasteiger partial charge in [0.25, 0.3) is 0 Å². The quantitative estimate of drug-likeness (QED) is 0.873. The van der Waals surface area contributed by atoms with E-state index in [2.05, 4.69) is 36.3 Å². The average molecular weight is 229 g/mol. The normalized spacial score (nSPS) is 12.6. The molecule has 3 heteroatoms. The zero-order valence-corrected chi connectivity index (χ0v) is 10.4. The van der Waals surface area contributed by atoms with Crippen LogP contribution in [-0.4, -0.2) is 9.78 Å². The Morgan fingerprint density at radius 3 is 2.35 bits per heavy atom. The Balaban J connectivity index is 2.07. The second kappa shape index (κ2) is 5.15. The Morgan fingerprint density at radius 2 is 1.82 bits per heavy atom. The van der Waals surface area contributed by atoms with E-state index in [0.717, 1.165) is 18.5 Å². The predicted molar refractivity (Wildman–Crippen MR) is 69.7 cm³/mol. The van der Waals surface area contributed by atoms with Crippen molar-refractivity contribution >= 4 is 0 Å². The molecule has 0 aliphatic rings. The van der Waals surface area contributed by atoms with Crippen molar-refractivity contribution in [1.29, 1.82) is 0 Å². The summed E-state index contributed by atoms with van der Waals surface area (Å²) >= 11 is 0. The molecule has 17 heavy (non-hydrogen) atoms. The summed E-state index contributed by atoms with van der Waals surface area (Å²) in [5, 5.41) is 4.14. The van der Waals surface area contributed by atoms with E-state index in [1.165, 1.54) is 11.1 Å². The fraction of sp³-hybridized carbons (Fsp3) is 0.357. The number of benzene rings is 1. The van der Waals surface area contributed by atoms with Crippen LogP contribution in [0.1, 0.15) is 29.8 Å². The Labute approximate surface area is 102 Å². The molecule has 0 aliphatic heterocycles. The lowest BCUT2D eigenvalue weighted by atomic mass is 10.0. The SMILES string of the molecule is CCc1ccc(CC(N)c2ccnn2C)cc1. The summed E-state index contributed by atoms with van der Waals surface area (Å²) in [5.41, 5.74) is 9.89. The summed E-state index contributed by atoms with van der Waals surface area (Å²) in [7, 11) is 1.93. The van der Waals surface area contributed by atoms with Gasteiger partial charge in [-0.3, -0.25) is 4.68 Å². The predicted octanol–water partition coefficient (Wildman–Crippen LogP) is 2.22. The lowest BCUT2D eigenvalue weighted by molar-refractivity contribution is 0.617. The highest BCUT2D eigenvalue weighted by molar-refractivity contribution is 5.24. The van der Waals surface area contributed by atoms with Gasteiger partial charge in [0, 0.05) is 13.2 Å². The molecule has 0 fully saturated rings. The summed E-state index contributed by atoms with van der Waals surface area (Å²) in [5.74, 6) is 0. The first kappa shape index (κ1) is 11.9. The van der Waals surface area contributed by atoms with E-state index >= 15 is 0 Å². The molecular weight excluding hydrogens is 210 g/mol. The molecule has 2 rings (SSSR count). The molecule has 3 nitrogen and oxygen atoms in total. The lowest BCUT2D eigenvalue weighted by Crippen LogP contribution is -2.17. The number of aryl methyl sites for hydroxylation is 2. The molecule has 2 N–H and O–H groups in total. The van der Waals surface area contributed by atoms with Gasteiger partial charge in [0.1, 0.15) is 0 Å². The van der Waals surface area contributed by atoms with Crippen molar-refractivity contribution in [2.75, 3.05) is 0 Å². The van der Waals surface area contributed by atoms with Crippen LogP contribution in [0.15, 0.2) is 36.5 Å². The van der Waals surface area contributed by atoms with Crippen LogP contribution in [0, 0.1) is 0 Å². The molecule has 0 bridgehead atoms. The van der Waals surface area contributed by atoms with E-state index in [9.17, 15) is 0 Å². The lowest BCUT2D eigenvalue weighted by Gasteiger charge is -2.12. The van der Waals surface area contributed by atoms with Crippen LogP contribution in [0.3, 0.4) is 0 Å². The molecule has 1 atom stereocenters. The van der Waals surface area contributed by atoms with E-state index in [1.54, 1.807) is 6.20 Å². The molecule has 1 aromatic heterocycles. The molecule has 2 aromatic rings. The Hall–Kier alpha value is -1.61.